The van der Waals surface area contributed by atoms with Crippen molar-refractivity contribution in [3.8, 4) is 0 Å². The van der Waals surface area contributed by atoms with Crippen molar-refractivity contribution in [2.75, 3.05) is 5.32 Å². The van der Waals surface area contributed by atoms with Gasteiger partial charge in [0.2, 0.25) is 5.91 Å². The van der Waals surface area contributed by atoms with Crippen LogP contribution in [0.15, 0.2) is 5.38 Å². The number of carbonyl (C=O) groups excluding carboxylic acids is 2. The van der Waals surface area contributed by atoms with Crippen LogP contribution in [0.2, 0.25) is 0 Å². The predicted octanol–water partition coefficient (Wildman–Crippen LogP) is 1.24. The second kappa shape index (κ2) is 5.65. The molecule has 0 radical (unpaired) electrons. The monoisotopic (exact) mass is 311 g/mol. The van der Waals surface area contributed by atoms with Gasteiger partial charge in [-0.05, 0) is 18.4 Å². The maximum absolute atomic E-state index is 12.3. The third-order valence-corrected chi connectivity index (χ3v) is 4.44. The molecule has 0 aliphatic heterocycles. The lowest BCUT2D eigenvalue weighted by Crippen LogP contribution is -2.38. The van der Waals surface area contributed by atoms with Gasteiger partial charge < -0.3 is 15.5 Å². The fraction of sp³-hybridized carbons (Fsp3) is 0.385. The summed E-state index contributed by atoms with van der Waals surface area (Å²) in [5, 5.41) is 22.2. The van der Waals surface area contributed by atoms with Gasteiger partial charge in [0, 0.05) is 18.2 Å². The van der Waals surface area contributed by atoms with Gasteiger partial charge in [-0.15, -0.1) is 11.3 Å². The van der Waals surface area contributed by atoms with E-state index in [-0.39, 0.29) is 12.3 Å². The SMILES string of the molecule is CC(=O)Nc1csc2c1CCC(C(C(=O)O)C(=O)O)C2=O. The summed E-state index contributed by atoms with van der Waals surface area (Å²) in [5.74, 6) is -6.58. The highest BCUT2D eigenvalue weighted by Crippen LogP contribution is 2.38. The summed E-state index contributed by atoms with van der Waals surface area (Å²) in [6.45, 7) is 1.35. The number of carbonyl (C=O) groups is 4. The molecule has 0 saturated heterocycles. The number of ketones is 1. The Morgan fingerprint density at radius 3 is 2.48 bits per heavy atom. The average Bonchev–Trinajstić information content (AvgIpc) is 2.75. The van der Waals surface area contributed by atoms with E-state index in [4.69, 9.17) is 10.2 Å². The molecule has 0 fully saturated rings. The number of rotatable bonds is 4. The smallest absolute Gasteiger partial charge is 0.318 e. The molecule has 0 aromatic carbocycles. The first-order valence-corrected chi connectivity index (χ1v) is 7.08. The molecule has 3 N–H and O–H groups in total. The van der Waals surface area contributed by atoms with E-state index in [1.54, 1.807) is 5.38 Å². The van der Waals surface area contributed by atoms with Crippen LogP contribution in [0.5, 0.6) is 0 Å². The van der Waals surface area contributed by atoms with Crippen molar-refractivity contribution in [1.29, 1.82) is 0 Å². The van der Waals surface area contributed by atoms with Crippen LogP contribution >= 0.6 is 11.3 Å². The summed E-state index contributed by atoms with van der Waals surface area (Å²) in [6, 6.07) is 0. The van der Waals surface area contributed by atoms with Crippen molar-refractivity contribution in [2.24, 2.45) is 11.8 Å². The highest BCUT2D eigenvalue weighted by Gasteiger charge is 2.43. The molecule has 0 spiro atoms. The van der Waals surface area contributed by atoms with Crippen molar-refractivity contribution >= 4 is 40.7 Å². The van der Waals surface area contributed by atoms with E-state index < -0.39 is 29.6 Å². The lowest BCUT2D eigenvalue weighted by molar-refractivity contribution is -0.156. The molecule has 8 heteroatoms. The van der Waals surface area contributed by atoms with Crippen LogP contribution in [0, 0.1) is 11.8 Å². The van der Waals surface area contributed by atoms with Crippen LogP contribution in [0.4, 0.5) is 5.69 Å². The minimum Gasteiger partial charge on any atom is -0.481 e. The van der Waals surface area contributed by atoms with E-state index in [9.17, 15) is 19.2 Å². The number of amides is 1. The summed E-state index contributed by atoms with van der Waals surface area (Å²) in [6.07, 6.45) is 0.500. The minimum absolute atomic E-state index is 0.137. The Labute approximate surface area is 123 Å². The highest BCUT2D eigenvalue weighted by atomic mass is 32.1. The Bertz CT molecular complexity index is 621. The Morgan fingerprint density at radius 1 is 1.33 bits per heavy atom. The maximum atomic E-state index is 12.3. The number of aliphatic carboxylic acids is 2. The van der Waals surface area contributed by atoms with Gasteiger partial charge in [0.15, 0.2) is 11.7 Å². The number of hydrogen-bond acceptors (Lipinski definition) is 5. The summed E-state index contributed by atoms with van der Waals surface area (Å²) in [5.41, 5.74) is 1.20. The van der Waals surface area contributed by atoms with E-state index in [0.717, 1.165) is 11.3 Å². The Kier molecular flexibility index (Phi) is 4.08. The summed E-state index contributed by atoms with van der Waals surface area (Å²) in [4.78, 5) is 45.9. The summed E-state index contributed by atoms with van der Waals surface area (Å²) in [7, 11) is 0. The molecule has 1 aliphatic rings. The lowest BCUT2D eigenvalue weighted by atomic mass is 9.79. The molecule has 1 aromatic heterocycles. The first kappa shape index (κ1) is 15.2. The van der Waals surface area contributed by atoms with Crippen molar-refractivity contribution in [1.82, 2.24) is 0 Å². The Balaban J connectivity index is 2.33. The number of carboxylic acids is 2. The molecule has 2 rings (SSSR count). The van der Waals surface area contributed by atoms with Crippen LogP contribution in [-0.2, 0) is 20.8 Å². The number of carboxylic acid groups (broad SMARTS) is 2. The van der Waals surface area contributed by atoms with Crippen LogP contribution in [-0.4, -0.2) is 33.8 Å². The summed E-state index contributed by atoms with van der Waals surface area (Å²) >= 11 is 1.10. The molecule has 1 aromatic rings. The molecule has 1 atom stereocenters. The second-order valence-corrected chi connectivity index (χ2v) is 5.68. The molecule has 1 aliphatic carbocycles. The molecule has 1 unspecified atom stereocenters. The van der Waals surface area contributed by atoms with E-state index in [2.05, 4.69) is 5.32 Å². The zero-order valence-electron chi connectivity index (χ0n) is 11.1. The largest absolute Gasteiger partial charge is 0.481 e. The molecular weight excluding hydrogens is 298 g/mol. The standard InChI is InChI=1S/C13H13NO6S/c1-5(15)14-8-4-21-11-6(8)2-3-7(10(11)16)9(12(17)18)13(19)20/h4,7,9H,2-3H2,1H3,(H,14,15)(H,17,18)(H,19,20). The van der Waals surface area contributed by atoms with Gasteiger partial charge in [0.25, 0.3) is 0 Å². The quantitative estimate of drug-likeness (QED) is 0.719. The zero-order valence-corrected chi connectivity index (χ0v) is 11.9. The maximum Gasteiger partial charge on any atom is 0.318 e. The van der Waals surface area contributed by atoms with E-state index in [0.29, 0.717) is 22.5 Å². The third-order valence-electron chi connectivity index (χ3n) is 3.40. The first-order valence-electron chi connectivity index (χ1n) is 6.20. The van der Waals surface area contributed by atoms with Crippen LogP contribution in [0.1, 0.15) is 28.6 Å². The molecule has 21 heavy (non-hydrogen) atoms. The van der Waals surface area contributed by atoms with Gasteiger partial charge in [-0.1, -0.05) is 0 Å². The number of hydrogen-bond donors (Lipinski definition) is 3. The summed E-state index contributed by atoms with van der Waals surface area (Å²) < 4.78 is 0. The van der Waals surface area contributed by atoms with Gasteiger partial charge in [0.05, 0.1) is 10.6 Å². The van der Waals surface area contributed by atoms with Crippen molar-refractivity contribution in [3.05, 3.63) is 15.8 Å². The number of anilines is 1. The molecule has 112 valence electrons. The number of fused-ring (bicyclic) bond motifs is 1. The van der Waals surface area contributed by atoms with Crippen molar-refractivity contribution < 1.29 is 29.4 Å². The topological polar surface area (TPSA) is 121 Å². The van der Waals surface area contributed by atoms with Gasteiger partial charge in [0.1, 0.15) is 0 Å². The van der Waals surface area contributed by atoms with Gasteiger partial charge in [-0.2, -0.15) is 0 Å². The fourth-order valence-corrected chi connectivity index (χ4v) is 3.56. The van der Waals surface area contributed by atoms with Crippen LogP contribution in [0.3, 0.4) is 0 Å². The molecule has 0 saturated carbocycles. The molecule has 1 heterocycles. The van der Waals surface area contributed by atoms with E-state index in [1.807, 2.05) is 0 Å². The highest BCUT2D eigenvalue weighted by molar-refractivity contribution is 7.12. The Hall–Kier alpha value is -2.22. The van der Waals surface area contributed by atoms with Crippen LogP contribution in [0.25, 0.3) is 0 Å². The molecular formula is C13H13NO6S. The minimum atomic E-state index is -1.74. The van der Waals surface area contributed by atoms with Gasteiger partial charge in [-0.3, -0.25) is 19.2 Å². The predicted molar refractivity (Wildman–Crippen MR) is 73.5 cm³/mol. The van der Waals surface area contributed by atoms with Crippen LogP contribution < -0.4 is 5.32 Å². The van der Waals surface area contributed by atoms with Gasteiger partial charge >= 0.3 is 11.9 Å². The number of nitrogens with one attached hydrogen (secondary N) is 1. The Morgan fingerprint density at radius 2 is 1.95 bits per heavy atom. The second-order valence-electron chi connectivity index (χ2n) is 4.80. The number of Topliss-reactive ketones (excluding diaryl/α,β-unsaturated/α-hetero) is 1. The van der Waals surface area contributed by atoms with E-state index >= 15 is 0 Å². The molecule has 1 amide bonds. The third kappa shape index (κ3) is 2.80. The molecule has 7 nitrogen and oxygen atoms in total. The molecule has 0 bridgehead atoms. The van der Waals surface area contributed by atoms with Crippen molar-refractivity contribution in [3.63, 3.8) is 0 Å². The van der Waals surface area contributed by atoms with E-state index in [1.165, 1.54) is 6.92 Å². The average molecular weight is 311 g/mol. The first-order chi connectivity index (χ1) is 9.82. The van der Waals surface area contributed by atoms with Crippen molar-refractivity contribution in [2.45, 2.75) is 19.8 Å². The fourth-order valence-electron chi connectivity index (χ4n) is 2.50. The normalized spacial score (nSPS) is 17.4. The van der Waals surface area contributed by atoms with Gasteiger partial charge in [-0.25, -0.2) is 0 Å². The lowest BCUT2D eigenvalue weighted by Gasteiger charge is -2.24. The zero-order chi connectivity index (χ0) is 15.7. The number of thiophene rings is 1.